The maximum absolute atomic E-state index is 11.2. The summed E-state index contributed by atoms with van der Waals surface area (Å²) >= 11 is 0. The van der Waals surface area contributed by atoms with Gasteiger partial charge in [-0.3, -0.25) is 9.69 Å². The van der Waals surface area contributed by atoms with Crippen molar-refractivity contribution < 1.29 is 14.6 Å². The van der Waals surface area contributed by atoms with Crippen LogP contribution >= 0.6 is 0 Å². The quantitative estimate of drug-likeness (QED) is 0.790. The highest BCUT2D eigenvalue weighted by atomic mass is 16.5. The van der Waals surface area contributed by atoms with Crippen LogP contribution in [-0.2, 0) is 9.53 Å². The van der Waals surface area contributed by atoms with E-state index in [9.17, 15) is 9.90 Å². The zero-order valence-corrected chi connectivity index (χ0v) is 10.2. The van der Waals surface area contributed by atoms with Crippen LogP contribution < -0.4 is 0 Å². The number of carboxylic acids is 1. The molecule has 0 amide bonds. The van der Waals surface area contributed by atoms with Crippen LogP contribution in [0.2, 0.25) is 0 Å². The van der Waals surface area contributed by atoms with Crippen molar-refractivity contribution in [1.29, 1.82) is 0 Å². The fraction of sp³-hybridized carbons (Fsp3) is 0.923. The van der Waals surface area contributed by atoms with Crippen LogP contribution in [0.4, 0.5) is 0 Å². The molecular formula is C13H21NO3. The zero-order chi connectivity index (χ0) is 11.9. The van der Waals surface area contributed by atoms with Gasteiger partial charge in [0.05, 0.1) is 5.92 Å². The highest BCUT2D eigenvalue weighted by Gasteiger charge is 2.49. The van der Waals surface area contributed by atoms with Gasteiger partial charge in [-0.25, -0.2) is 0 Å². The van der Waals surface area contributed by atoms with Crippen molar-refractivity contribution >= 4 is 5.97 Å². The molecule has 1 saturated carbocycles. The topological polar surface area (TPSA) is 49.8 Å². The summed E-state index contributed by atoms with van der Waals surface area (Å²) in [6.45, 7) is 3.98. The number of carboxylic acid groups (broad SMARTS) is 1. The van der Waals surface area contributed by atoms with Gasteiger partial charge < -0.3 is 9.84 Å². The lowest BCUT2D eigenvalue weighted by Crippen LogP contribution is -2.62. The Morgan fingerprint density at radius 2 is 1.94 bits per heavy atom. The van der Waals surface area contributed by atoms with E-state index in [0.717, 1.165) is 58.4 Å². The number of aliphatic carboxylic acids is 1. The van der Waals surface area contributed by atoms with Gasteiger partial charge in [0.15, 0.2) is 0 Å². The number of ether oxygens (including phenoxy) is 1. The smallest absolute Gasteiger partial charge is 0.308 e. The molecular weight excluding hydrogens is 218 g/mol. The molecule has 1 spiro atoms. The Hall–Kier alpha value is -0.610. The average molecular weight is 239 g/mol. The van der Waals surface area contributed by atoms with Gasteiger partial charge in [-0.1, -0.05) is 6.42 Å². The second kappa shape index (κ2) is 4.25. The summed E-state index contributed by atoms with van der Waals surface area (Å²) in [5, 5.41) is 9.21. The minimum Gasteiger partial charge on any atom is -0.481 e. The molecule has 0 radical (unpaired) electrons. The molecule has 1 aliphatic carbocycles. The van der Waals surface area contributed by atoms with Crippen LogP contribution in [0.3, 0.4) is 0 Å². The van der Waals surface area contributed by atoms with E-state index in [1.807, 2.05) is 0 Å². The molecule has 17 heavy (non-hydrogen) atoms. The summed E-state index contributed by atoms with van der Waals surface area (Å²) in [4.78, 5) is 13.6. The van der Waals surface area contributed by atoms with Gasteiger partial charge in [0.25, 0.3) is 0 Å². The molecule has 2 saturated heterocycles. The van der Waals surface area contributed by atoms with Crippen molar-refractivity contribution in [1.82, 2.24) is 4.90 Å². The van der Waals surface area contributed by atoms with Crippen molar-refractivity contribution in [2.45, 2.75) is 38.1 Å². The van der Waals surface area contributed by atoms with Crippen molar-refractivity contribution in [2.24, 2.45) is 11.3 Å². The SMILES string of the molecule is O=C(O)C1CCCC1N1CC2(CCOCC2)C1. The van der Waals surface area contributed by atoms with Crippen LogP contribution in [0, 0.1) is 11.3 Å². The molecule has 2 aliphatic heterocycles. The van der Waals surface area contributed by atoms with Crippen LogP contribution in [0.25, 0.3) is 0 Å². The standard InChI is InChI=1S/C13H21NO3/c15-12(16)10-2-1-3-11(10)14-8-13(9-14)4-6-17-7-5-13/h10-11H,1-9H2,(H,15,16). The predicted molar refractivity (Wildman–Crippen MR) is 62.8 cm³/mol. The first-order chi connectivity index (χ1) is 8.20. The highest BCUT2D eigenvalue weighted by Crippen LogP contribution is 2.44. The lowest BCUT2D eigenvalue weighted by atomic mass is 9.72. The molecule has 3 rings (SSSR count). The number of hydrogen-bond acceptors (Lipinski definition) is 3. The number of rotatable bonds is 2. The lowest BCUT2D eigenvalue weighted by Gasteiger charge is -2.55. The maximum Gasteiger partial charge on any atom is 0.308 e. The monoisotopic (exact) mass is 239 g/mol. The normalized spacial score (nSPS) is 36.9. The Morgan fingerprint density at radius 3 is 2.59 bits per heavy atom. The number of hydrogen-bond donors (Lipinski definition) is 1. The van der Waals surface area contributed by atoms with Gasteiger partial charge in [-0.05, 0) is 25.7 Å². The highest BCUT2D eigenvalue weighted by molar-refractivity contribution is 5.71. The summed E-state index contributed by atoms with van der Waals surface area (Å²) < 4.78 is 5.41. The van der Waals surface area contributed by atoms with Crippen molar-refractivity contribution in [3.05, 3.63) is 0 Å². The Labute approximate surface area is 102 Å². The molecule has 3 aliphatic rings. The van der Waals surface area contributed by atoms with Crippen LogP contribution in [-0.4, -0.2) is 48.3 Å². The van der Waals surface area contributed by atoms with E-state index in [1.165, 1.54) is 0 Å². The maximum atomic E-state index is 11.2. The van der Waals surface area contributed by atoms with Gasteiger partial charge in [-0.2, -0.15) is 0 Å². The number of nitrogens with zero attached hydrogens (tertiary/aromatic N) is 1. The third kappa shape index (κ3) is 1.97. The second-order valence-corrected chi connectivity index (χ2v) is 5.96. The van der Waals surface area contributed by atoms with Crippen molar-refractivity contribution in [2.75, 3.05) is 26.3 Å². The summed E-state index contributed by atoms with van der Waals surface area (Å²) in [7, 11) is 0. The van der Waals surface area contributed by atoms with Gasteiger partial charge in [-0.15, -0.1) is 0 Å². The van der Waals surface area contributed by atoms with E-state index in [2.05, 4.69) is 4.90 Å². The molecule has 4 heteroatoms. The molecule has 0 aromatic carbocycles. The minimum atomic E-state index is -0.597. The molecule has 0 aromatic rings. The fourth-order valence-electron chi connectivity index (χ4n) is 3.84. The number of likely N-dealkylation sites (tertiary alicyclic amines) is 1. The van der Waals surface area contributed by atoms with E-state index in [-0.39, 0.29) is 5.92 Å². The van der Waals surface area contributed by atoms with Crippen LogP contribution in [0.15, 0.2) is 0 Å². The second-order valence-electron chi connectivity index (χ2n) is 5.96. The first-order valence-corrected chi connectivity index (χ1v) is 6.75. The fourth-order valence-corrected chi connectivity index (χ4v) is 3.84. The third-order valence-electron chi connectivity index (χ3n) is 4.90. The first-order valence-electron chi connectivity index (χ1n) is 6.75. The van der Waals surface area contributed by atoms with Crippen molar-refractivity contribution in [3.8, 4) is 0 Å². The summed E-state index contributed by atoms with van der Waals surface area (Å²) in [6, 6.07) is 0.306. The minimum absolute atomic E-state index is 0.118. The third-order valence-corrected chi connectivity index (χ3v) is 4.90. The van der Waals surface area contributed by atoms with E-state index in [0.29, 0.717) is 11.5 Å². The lowest BCUT2D eigenvalue weighted by molar-refractivity contribution is -0.148. The Kier molecular flexibility index (Phi) is 2.87. The predicted octanol–water partition coefficient (Wildman–Crippen LogP) is 1.35. The summed E-state index contributed by atoms with van der Waals surface area (Å²) in [5.41, 5.74) is 0.462. The molecule has 0 bridgehead atoms. The zero-order valence-electron chi connectivity index (χ0n) is 10.2. The van der Waals surface area contributed by atoms with Crippen LogP contribution in [0.5, 0.6) is 0 Å². The molecule has 1 N–H and O–H groups in total. The van der Waals surface area contributed by atoms with Crippen molar-refractivity contribution in [3.63, 3.8) is 0 Å². The average Bonchev–Trinajstić information content (AvgIpc) is 2.75. The molecule has 3 fully saturated rings. The molecule has 0 aromatic heterocycles. The Balaban J connectivity index is 1.59. The molecule has 2 atom stereocenters. The number of carbonyl (C=O) groups is 1. The van der Waals surface area contributed by atoms with Crippen LogP contribution in [0.1, 0.15) is 32.1 Å². The van der Waals surface area contributed by atoms with Gasteiger partial charge in [0, 0.05) is 37.8 Å². The summed E-state index contributed by atoms with van der Waals surface area (Å²) in [6.07, 6.45) is 5.34. The van der Waals surface area contributed by atoms with Gasteiger partial charge in [0.2, 0.25) is 0 Å². The molecule has 96 valence electrons. The van der Waals surface area contributed by atoms with Gasteiger partial charge in [0.1, 0.15) is 0 Å². The molecule has 4 nitrogen and oxygen atoms in total. The summed E-state index contributed by atoms with van der Waals surface area (Å²) in [5.74, 6) is -0.715. The first kappa shape index (κ1) is 11.5. The van der Waals surface area contributed by atoms with E-state index in [4.69, 9.17) is 4.74 Å². The largest absolute Gasteiger partial charge is 0.481 e. The van der Waals surface area contributed by atoms with E-state index < -0.39 is 5.97 Å². The van der Waals surface area contributed by atoms with E-state index >= 15 is 0 Å². The molecule has 2 heterocycles. The van der Waals surface area contributed by atoms with E-state index in [1.54, 1.807) is 0 Å². The molecule has 2 unspecified atom stereocenters. The Morgan fingerprint density at radius 1 is 1.24 bits per heavy atom. The Bertz CT molecular complexity index is 304. The van der Waals surface area contributed by atoms with Gasteiger partial charge >= 0.3 is 5.97 Å².